The van der Waals surface area contributed by atoms with Gasteiger partial charge >= 0.3 is 115 Å². The third-order valence-electron chi connectivity index (χ3n) is 3.30. The third kappa shape index (κ3) is 2.08. The predicted octanol–water partition coefficient (Wildman–Crippen LogP) is 3.53. The molecule has 0 spiro atoms. The van der Waals surface area contributed by atoms with Crippen molar-refractivity contribution in [2.45, 2.75) is 32.9 Å². The van der Waals surface area contributed by atoms with E-state index < -0.39 is 8.07 Å². The van der Waals surface area contributed by atoms with Crippen molar-refractivity contribution in [3.8, 4) is 0 Å². The van der Waals surface area contributed by atoms with Gasteiger partial charge in [-0.25, -0.2) is 0 Å². The zero-order chi connectivity index (χ0) is 11.8. The second-order valence-corrected chi connectivity index (χ2v) is 11.3. The molecule has 1 aliphatic carbocycles. The molecular formula is C13H17SSiTi. The Morgan fingerprint density at radius 3 is 2.75 bits per heavy atom. The van der Waals surface area contributed by atoms with Gasteiger partial charge in [-0.2, -0.15) is 0 Å². The molecule has 0 fully saturated rings. The summed E-state index contributed by atoms with van der Waals surface area (Å²) in [6, 6.07) is 2.31. The summed E-state index contributed by atoms with van der Waals surface area (Å²) in [4.78, 5) is 0. The summed E-state index contributed by atoms with van der Waals surface area (Å²) in [5, 5.41) is 3.92. The predicted molar refractivity (Wildman–Crippen MR) is 71.6 cm³/mol. The van der Waals surface area contributed by atoms with Crippen LogP contribution in [-0.4, -0.2) is 8.07 Å². The molecule has 0 aromatic carbocycles. The zero-order valence-corrected chi connectivity index (χ0v) is 13.5. The molecule has 1 heterocycles. The third-order valence-corrected chi connectivity index (χ3v) is 10.4. The molecular weight excluding hydrogens is 264 g/mol. The fourth-order valence-corrected chi connectivity index (χ4v) is 9.30. The van der Waals surface area contributed by atoms with Gasteiger partial charge in [-0.15, -0.1) is 0 Å². The average Bonchev–Trinajstić information content (AvgIpc) is 2.85. The van der Waals surface area contributed by atoms with E-state index in [4.69, 9.17) is 0 Å². The van der Waals surface area contributed by atoms with Gasteiger partial charge in [0.15, 0.2) is 0 Å². The van der Waals surface area contributed by atoms with E-state index in [1.54, 1.807) is 19.1 Å². The van der Waals surface area contributed by atoms with E-state index in [-0.39, 0.29) is 0 Å². The van der Waals surface area contributed by atoms with Gasteiger partial charge in [0.2, 0.25) is 0 Å². The van der Waals surface area contributed by atoms with Crippen molar-refractivity contribution in [1.29, 1.82) is 0 Å². The molecule has 0 amide bonds. The van der Waals surface area contributed by atoms with Crippen LogP contribution in [0.2, 0.25) is 13.1 Å². The second kappa shape index (κ2) is 4.77. The van der Waals surface area contributed by atoms with Crippen LogP contribution in [0.4, 0.5) is 0 Å². The maximum atomic E-state index is 2.49. The summed E-state index contributed by atoms with van der Waals surface area (Å²) < 4.78 is 3.27. The summed E-state index contributed by atoms with van der Waals surface area (Å²) in [7, 11) is -1.41. The summed E-state index contributed by atoms with van der Waals surface area (Å²) in [5.74, 6) is 0. The zero-order valence-electron chi connectivity index (χ0n) is 10.1. The molecule has 0 atom stereocenters. The summed E-state index contributed by atoms with van der Waals surface area (Å²) in [5.41, 5.74) is 1.57. The Balaban J connectivity index is 2.46. The van der Waals surface area contributed by atoms with Crippen LogP contribution in [-0.2, 0) is 26.9 Å². The average molecular weight is 281 g/mol. The van der Waals surface area contributed by atoms with Crippen molar-refractivity contribution < 1.29 is 20.4 Å². The van der Waals surface area contributed by atoms with E-state index in [1.165, 1.54) is 12.8 Å². The number of rotatable bonds is 3. The molecule has 2 rings (SSSR count). The van der Waals surface area contributed by atoms with E-state index in [9.17, 15) is 0 Å². The van der Waals surface area contributed by atoms with Crippen molar-refractivity contribution in [1.82, 2.24) is 0 Å². The Kier molecular flexibility index (Phi) is 3.75. The Morgan fingerprint density at radius 1 is 1.44 bits per heavy atom. The molecule has 0 saturated heterocycles. The first-order valence-electron chi connectivity index (χ1n) is 5.76. The van der Waals surface area contributed by atoms with Gasteiger partial charge in [0.1, 0.15) is 0 Å². The molecule has 0 saturated carbocycles. The van der Waals surface area contributed by atoms with Crippen molar-refractivity contribution >= 4 is 23.9 Å². The van der Waals surface area contributed by atoms with E-state index >= 15 is 0 Å². The first-order chi connectivity index (χ1) is 7.57. The van der Waals surface area contributed by atoms with Gasteiger partial charge in [-0.3, -0.25) is 0 Å². The van der Waals surface area contributed by atoms with Crippen LogP contribution in [0.5, 0.6) is 0 Å². The Labute approximate surface area is 115 Å². The number of aryl methyl sites for hydroxylation is 1. The minimum absolute atomic E-state index is 1.17. The fourth-order valence-electron chi connectivity index (χ4n) is 2.38. The normalized spacial score (nSPS) is 16.1. The molecule has 0 radical (unpaired) electrons. The molecule has 0 nitrogen and oxygen atoms in total. The molecule has 0 unspecified atom stereocenters. The topological polar surface area (TPSA) is 0 Å². The Bertz CT molecular complexity index is 454. The fraction of sp³-hybridized carbons (Fsp3) is 0.385. The van der Waals surface area contributed by atoms with Gasteiger partial charge in [-0.05, 0) is 0 Å². The van der Waals surface area contributed by atoms with Crippen molar-refractivity contribution in [2.24, 2.45) is 0 Å². The van der Waals surface area contributed by atoms with E-state index in [2.05, 4.69) is 64.1 Å². The quantitative estimate of drug-likeness (QED) is 0.744. The van der Waals surface area contributed by atoms with Crippen molar-refractivity contribution in [2.75, 3.05) is 0 Å². The Morgan fingerprint density at radius 2 is 2.19 bits per heavy atom. The SMILES string of the molecule is CCc1ccsc1[Si](C)(C)C1=[C]([Ti])CC=C1. The van der Waals surface area contributed by atoms with Crippen LogP contribution in [0.1, 0.15) is 18.9 Å². The van der Waals surface area contributed by atoms with Gasteiger partial charge in [0.05, 0.1) is 0 Å². The molecule has 0 bridgehead atoms. The van der Waals surface area contributed by atoms with Crippen LogP contribution in [0.15, 0.2) is 32.7 Å². The van der Waals surface area contributed by atoms with Gasteiger partial charge < -0.3 is 0 Å². The first kappa shape index (κ1) is 12.6. The standard InChI is InChI=1S/C13H17SSi.Ti/c1-4-11-9-10-14-13(11)15(2,3)12-7-5-6-8-12;/h5,7,9-10H,4,6H2,1-3H3;. The molecule has 0 N–H and O–H groups in total. The summed E-state index contributed by atoms with van der Waals surface area (Å²) in [6.07, 6.45) is 7.03. The minimum atomic E-state index is -1.41. The van der Waals surface area contributed by atoms with E-state index in [0.717, 1.165) is 0 Å². The molecule has 16 heavy (non-hydrogen) atoms. The number of hydrogen-bond donors (Lipinski definition) is 0. The van der Waals surface area contributed by atoms with Crippen LogP contribution in [0, 0.1) is 0 Å². The van der Waals surface area contributed by atoms with E-state index in [1.807, 2.05) is 11.3 Å². The number of thiophene rings is 1. The second-order valence-electron chi connectivity index (χ2n) is 4.75. The van der Waals surface area contributed by atoms with Crippen molar-refractivity contribution in [3.63, 3.8) is 0 Å². The Hall–Kier alpha value is 0.111. The number of hydrogen-bond acceptors (Lipinski definition) is 1. The van der Waals surface area contributed by atoms with Crippen molar-refractivity contribution in [3.05, 3.63) is 38.2 Å². The molecule has 1 aromatic heterocycles. The van der Waals surface area contributed by atoms with Gasteiger partial charge in [0.25, 0.3) is 0 Å². The van der Waals surface area contributed by atoms with Gasteiger partial charge in [0, 0.05) is 0 Å². The van der Waals surface area contributed by atoms with E-state index in [0.29, 0.717) is 0 Å². The van der Waals surface area contributed by atoms with Crippen LogP contribution in [0.3, 0.4) is 0 Å². The van der Waals surface area contributed by atoms with Crippen LogP contribution < -0.4 is 4.50 Å². The summed E-state index contributed by atoms with van der Waals surface area (Å²) in [6.45, 7) is 7.25. The van der Waals surface area contributed by atoms with Crippen LogP contribution >= 0.6 is 11.3 Å². The monoisotopic (exact) mass is 281 g/mol. The molecule has 3 heteroatoms. The van der Waals surface area contributed by atoms with Crippen LogP contribution in [0.25, 0.3) is 0 Å². The molecule has 0 aliphatic heterocycles. The maximum absolute atomic E-state index is 2.49. The van der Waals surface area contributed by atoms with Gasteiger partial charge in [-0.1, -0.05) is 0 Å². The summed E-state index contributed by atoms with van der Waals surface area (Å²) >= 11 is 4.26. The molecule has 1 aromatic rings. The first-order valence-corrected chi connectivity index (χ1v) is 10.4. The molecule has 1 aliphatic rings. The number of allylic oxidation sites excluding steroid dienone is 4. The molecule has 83 valence electrons.